The molecular weight excluding hydrogens is 540 g/mol. The molecule has 4 atom stereocenters. The number of nitrogens with zero attached hydrogens (tertiary/aromatic N) is 1. The van der Waals surface area contributed by atoms with Gasteiger partial charge in [-0.3, -0.25) is 4.79 Å². The standard InChI is InChI=1S/C31H28ClF2NO5/c1-18(39-25-10-6-7-13-37-25)16-38-23-12-11-20(15-35)27(30(23)34)28-26-19(2)31(17-36,21-8-4-3-5-9-21)40-24(26)14-22(33)29(28)32/h3-5,8-9,11-12,14,17-19,25H,6-7,10,13,16H2,1-2H3/t18-,19-,25?,31-/m0/s1. The minimum absolute atomic E-state index is 0.0128. The molecule has 2 aliphatic rings. The Balaban J connectivity index is 1.55. The predicted molar refractivity (Wildman–Crippen MR) is 144 cm³/mol. The topological polar surface area (TPSA) is 77.8 Å². The van der Waals surface area contributed by atoms with Crippen LogP contribution in [0.4, 0.5) is 8.78 Å². The summed E-state index contributed by atoms with van der Waals surface area (Å²) >= 11 is 6.48. The van der Waals surface area contributed by atoms with Gasteiger partial charge in [-0.05, 0) is 38.3 Å². The van der Waals surface area contributed by atoms with Gasteiger partial charge in [0.15, 0.2) is 29.7 Å². The SMILES string of the molecule is C[C@@H](COc1ccc(C#N)c(-c2c(Cl)c(F)cc3c2[C@H](C)[C@@](C=O)(c2ccccc2)O3)c1F)OC1CCCCO1. The summed E-state index contributed by atoms with van der Waals surface area (Å²) in [7, 11) is 0. The number of halogens is 3. The molecule has 0 N–H and O–H groups in total. The van der Waals surface area contributed by atoms with Crippen LogP contribution < -0.4 is 9.47 Å². The van der Waals surface area contributed by atoms with Gasteiger partial charge in [-0.25, -0.2) is 8.78 Å². The smallest absolute Gasteiger partial charge is 0.195 e. The lowest BCUT2D eigenvalue weighted by Crippen LogP contribution is -2.35. The summed E-state index contributed by atoms with van der Waals surface area (Å²) in [6.45, 7) is 4.15. The Morgan fingerprint density at radius 2 is 1.98 bits per heavy atom. The average molecular weight is 568 g/mol. The fraction of sp³-hybridized carbons (Fsp3) is 0.355. The van der Waals surface area contributed by atoms with Gasteiger partial charge in [0.05, 0.1) is 22.8 Å². The Kier molecular flexibility index (Phi) is 8.09. The molecule has 0 aliphatic carbocycles. The monoisotopic (exact) mass is 567 g/mol. The van der Waals surface area contributed by atoms with Gasteiger partial charge < -0.3 is 18.9 Å². The first kappa shape index (κ1) is 28.0. The molecule has 0 radical (unpaired) electrons. The minimum atomic E-state index is -1.50. The van der Waals surface area contributed by atoms with Gasteiger partial charge in [-0.1, -0.05) is 48.9 Å². The zero-order valence-electron chi connectivity index (χ0n) is 22.1. The molecule has 40 heavy (non-hydrogen) atoms. The Morgan fingerprint density at radius 1 is 1.20 bits per heavy atom. The molecule has 0 bridgehead atoms. The van der Waals surface area contributed by atoms with Crippen LogP contribution in [0.5, 0.6) is 11.5 Å². The van der Waals surface area contributed by atoms with E-state index in [9.17, 15) is 10.1 Å². The summed E-state index contributed by atoms with van der Waals surface area (Å²) in [5.74, 6) is -2.56. The fourth-order valence-corrected chi connectivity index (χ4v) is 5.64. The normalized spacial score (nSPS) is 22.6. The molecule has 5 rings (SSSR count). The van der Waals surface area contributed by atoms with Crippen LogP contribution in [0.2, 0.25) is 5.02 Å². The van der Waals surface area contributed by atoms with Crippen molar-refractivity contribution in [1.82, 2.24) is 0 Å². The number of nitriles is 1. The highest BCUT2D eigenvalue weighted by atomic mass is 35.5. The summed E-state index contributed by atoms with van der Waals surface area (Å²) in [5, 5.41) is 9.49. The molecule has 1 saturated heterocycles. The minimum Gasteiger partial charge on any atom is -0.488 e. The van der Waals surface area contributed by atoms with Gasteiger partial charge in [0, 0.05) is 40.8 Å². The van der Waals surface area contributed by atoms with Crippen molar-refractivity contribution in [3.05, 3.63) is 81.9 Å². The largest absolute Gasteiger partial charge is 0.488 e. The number of fused-ring (bicyclic) bond motifs is 1. The molecular formula is C31H28ClF2NO5. The zero-order chi connectivity index (χ0) is 28.4. The van der Waals surface area contributed by atoms with Crippen LogP contribution in [0.1, 0.15) is 55.7 Å². The maximum Gasteiger partial charge on any atom is 0.195 e. The van der Waals surface area contributed by atoms with Gasteiger partial charge in [-0.2, -0.15) is 5.26 Å². The van der Waals surface area contributed by atoms with Crippen molar-refractivity contribution < 1.29 is 32.5 Å². The first-order valence-electron chi connectivity index (χ1n) is 13.2. The van der Waals surface area contributed by atoms with E-state index in [2.05, 4.69) is 0 Å². The molecule has 0 spiro atoms. The number of benzene rings is 3. The molecule has 3 aromatic carbocycles. The van der Waals surface area contributed by atoms with Crippen molar-refractivity contribution in [2.75, 3.05) is 13.2 Å². The number of ether oxygens (including phenoxy) is 4. The number of aldehydes is 1. The highest BCUT2D eigenvalue weighted by molar-refractivity contribution is 6.34. The molecule has 1 fully saturated rings. The van der Waals surface area contributed by atoms with Crippen molar-refractivity contribution in [2.45, 2.75) is 57.0 Å². The van der Waals surface area contributed by atoms with Crippen molar-refractivity contribution in [3.8, 4) is 28.7 Å². The highest BCUT2D eigenvalue weighted by Gasteiger charge is 2.50. The average Bonchev–Trinajstić information content (AvgIpc) is 3.26. The second kappa shape index (κ2) is 11.5. The lowest BCUT2D eigenvalue weighted by molar-refractivity contribution is -0.189. The first-order valence-corrected chi connectivity index (χ1v) is 13.5. The van der Waals surface area contributed by atoms with Crippen LogP contribution >= 0.6 is 11.6 Å². The summed E-state index contributed by atoms with van der Waals surface area (Å²) in [4.78, 5) is 12.5. The van der Waals surface area contributed by atoms with E-state index in [1.54, 1.807) is 44.2 Å². The van der Waals surface area contributed by atoms with Crippen LogP contribution in [-0.2, 0) is 19.9 Å². The highest BCUT2D eigenvalue weighted by Crippen LogP contribution is 2.55. The van der Waals surface area contributed by atoms with E-state index in [-0.39, 0.29) is 46.1 Å². The van der Waals surface area contributed by atoms with Crippen molar-refractivity contribution in [3.63, 3.8) is 0 Å². The first-order chi connectivity index (χ1) is 19.3. The molecule has 0 amide bonds. The maximum atomic E-state index is 16.2. The Morgan fingerprint density at radius 3 is 2.65 bits per heavy atom. The Labute approximate surface area is 236 Å². The van der Waals surface area contributed by atoms with E-state index in [0.29, 0.717) is 24.0 Å². The third-order valence-electron chi connectivity index (χ3n) is 7.45. The van der Waals surface area contributed by atoms with E-state index in [1.165, 1.54) is 12.1 Å². The molecule has 0 saturated carbocycles. The van der Waals surface area contributed by atoms with Crippen molar-refractivity contribution in [1.29, 1.82) is 5.26 Å². The van der Waals surface area contributed by atoms with E-state index in [1.807, 2.05) is 6.07 Å². The van der Waals surface area contributed by atoms with Gasteiger partial charge >= 0.3 is 0 Å². The van der Waals surface area contributed by atoms with Crippen LogP contribution in [0.25, 0.3) is 11.1 Å². The lowest BCUT2D eigenvalue weighted by atomic mass is 9.78. The Bertz CT molecular complexity index is 1450. The summed E-state index contributed by atoms with van der Waals surface area (Å²) in [6, 6.07) is 14.6. The third-order valence-corrected chi connectivity index (χ3v) is 7.82. The molecule has 2 aliphatic heterocycles. The van der Waals surface area contributed by atoms with Gasteiger partial charge in [0.2, 0.25) is 0 Å². The van der Waals surface area contributed by atoms with Crippen LogP contribution in [-0.4, -0.2) is 31.9 Å². The Hall–Kier alpha value is -3.51. The quantitative estimate of drug-likeness (QED) is 0.271. The predicted octanol–water partition coefficient (Wildman–Crippen LogP) is 7.06. The van der Waals surface area contributed by atoms with Crippen molar-refractivity contribution >= 4 is 17.9 Å². The summed E-state index contributed by atoms with van der Waals surface area (Å²) in [6.07, 6.45) is 2.67. The molecule has 3 aromatic rings. The van der Waals surface area contributed by atoms with Crippen LogP contribution in [0.15, 0.2) is 48.5 Å². The number of carbonyl (C=O) groups is 1. The zero-order valence-corrected chi connectivity index (χ0v) is 22.8. The van der Waals surface area contributed by atoms with E-state index in [4.69, 9.17) is 30.5 Å². The van der Waals surface area contributed by atoms with Gasteiger partial charge in [-0.15, -0.1) is 0 Å². The molecule has 0 aromatic heterocycles. The summed E-state index contributed by atoms with van der Waals surface area (Å²) in [5.41, 5.74) is -0.986. The molecule has 1 unspecified atom stereocenters. The van der Waals surface area contributed by atoms with Gasteiger partial charge in [0.25, 0.3) is 0 Å². The molecule has 208 valence electrons. The molecule has 2 heterocycles. The third kappa shape index (κ3) is 4.94. The molecule has 6 nitrogen and oxygen atoms in total. The van der Waals surface area contributed by atoms with Crippen LogP contribution in [0, 0.1) is 23.0 Å². The number of carbonyl (C=O) groups excluding carboxylic acids is 1. The maximum absolute atomic E-state index is 16.2. The van der Waals surface area contributed by atoms with E-state index < -0.39 is 29.3 Å². The van der Waals surface area contributed by atoms with Crippen LogP contribution in [0.3, 0.4) is 0 Å². The number of rotatable bonds is 8. The summed E-state index contributed by atoms with van der Waals surface area (Å²) < 4.78 is 54.7. The number of hydrogen-bond donors (Lipinski definition) is 0. The van der Waals surface area contributed by atoms with E-state index >= 15 is 8.78 Å². The second-order valence-electron chi connectivity index (χ2n) is 10.0. The number of hydrogen-bond acceptors (Lipinski definition) is 6. The van der Waals surface area contributed by atoms with Crippen molar-refractivity contribution in [2.24, 2.45) is 0 Å². The van der Waals surface area contributed by atoms with E-state index in [0.717, 1.165) is 25.3 Å². The lowest BCUT2D eigenvalue weighted by Gasteiger charge is -2.28. The fourth-order valence-electron chi connectivity index (χ4n) is 5.39. The second-order valence-corrected chi connectivity index (χ2v) is 10.4. The van der Waals surface area contributed by atoms with Gasteiger partial charge in [0.1, 0.15) is 18.2 Å². The molecule has 9 heteroatoms.